The van der Waals surface area contributed by atoms with Gasteiger partial charge in [0.1, 0.15) is 17.2 Å². The van der Waals surface area contributed by atoms with Crippen LogP contribution in [0.3, 0.4) is 0 Å². The Morgan fingerprint density at radius 2 is 1.89 bits per heavy atom. The van der Waals surface area contributed by atoms with Gasteiger partial charge in [0.25, 0.3) is 0 Å². The number of amides is 2. The molecule has 9 heteroatoms. The van der Waals surface area contributed by atoms with Crippen molar-refractivity contribution >= 4 is 27.9 Å². The van der Waals surface area contributed by atoms with Crippen LogP contribution in [0.1, 0.15) is 63.3 Å². The third-order valence-corrected chi connectivity index (χ3v) is 6.78. The standard InChI is InChI=1S/C27H33BrF2N2O4/c1-16(33)31-23(13-17-11-18(29)14-19(30)12-17)25(34)15-32(26(35)36-27(2,3)4)24-10-6-7-20-21(24)8-5-9-22(20)28/h5,8-9,11-12,14,23-25,34H,6-7,10,13,15H2,1-4H3,(H,31,33)/t23-,24-,25+/m0/s1. The van der Waals surface area contributed by atoms with Crippen molar-refractivity contribution < 1.29 is 28.2 Å². The second-order valence-electron chi connectivity index (χ2n) is 10.2. The van der Waals surface area contributed by atoms with Crippen molar-refractivity contribution in [3.8, 4) is 0 Å². The van der Waals surface area contributed by atoms with Gasteiger partial charge in [-0.05, 0) is 81.3 Å². The first kappa shape index (κ1) is 28.1. The van der Waals surface area contributed by atoms with Crippen molar-refractivity contribution in [1.29, 1.82) is 0 Å². The quantitative estimate of drug-likeness (QED) is 0.467. The number of fused-ring (bicyclic) bond motifs is 1. The molecule has 0 saturated carbocycles. The van der Waals surface area contributed by atoms with Crippen LogP contribution in [0.25, 0.3) is 0 Å². The summed E-state index contributed by atoms with van der Waals surface area (Å²) in [6, 6.07) is 7.67. The molecule has 2 amide bonds. The Kier molecular flexibility index (Phi) is 9.11. The highest BCUT2D eigenvalue weighted by Crippen LogP contribution is 2.38. The van der Waals surface area contributed by atoms with E-state index in [-0.39, 0.29) is 24.6 Å². The summed E-state index contributed by atoms with van der Waals surface area (Å²) in [5, 5.41) is 13.9. The molecule has 2 N–H and O–H groups in total. The third kappa shape index (κ3) is 7.49. The summed E-state index contributed by atoms with van der Waals surface area (Å²) in [4.78, 5) is 26.8. The summed E-state index contributed by atoms with van der Waals surface area (Å²) < 4.78 is 34.2. The van der Waals surface area contributed by atoms with E-state index >= 15 is 0 Å². The normalized spacial score (nSPS) is 17.1. The topological polar surface area (TPSA) is 78.9 Å². The summed E-state index contributed by atoms with van der Waals surface area (Å²) in [7, 11) is 0. The summed E-state index contributed by atoms with van der Waals surface area (Å²) in [6.07, 6.45) is 0.535. The minimum atomic E-state index is -1.23. The van der Waals surface area contributed by atoms with E-state index in [1.807, 2.05) is 18.2 Å². The zero-order chi connectivity index (χ0) is 26.6. The Morgan fingerprint density at radius 3 is 2.50 bits per heavy atom. The largest absolute Gasteiger partial charge is 0.444 e. The highest BCUT2D eigenvalue weighted by atomic mass is 79.9. The van der Waals surface area contributed by atoms with Gasteiger partial charge in [0.05, 0.1) is 24.7 Å². The first-order valence-electron chi connectivity index (χ1n) is 12.0. The molecule has 0 saturated heterocycles. The lowest BCUT2D eigenvalue weighted by Gasteiger charge is -2.39. The summed E-state index contributed by atoms with van der Waals surface area (Å²) in [5.74, 6) is -1.91. The summed E-state index contributed by atoms with van der Waals surface area (Å²) in [6.45, 7) is 6.46. The number of carbonyl (C=O) groups excluding carboxylic acids is 2. The van der Waals surface area contributed by atoms with Crippen LogP contribution < -0.4 is 5.32 Å². The van der Waals surface area contributed by atoms with E-state index in [1.54, 1.807) is 20.8 Å². The lowest BCUT2D eigenvalue weighted by atomic mass is 9.86. The molecule has 36 heavy (non-hydrogen) atoms. The first-order valence-corrected chi connectivity index (χ1v) is 12.8. The van der Waals surface area contributed by atoms with Crippen molar-refractivity contribution in [2.75, 3.05) is 6.54 Å². The number of carbonyl (C=O) groups is 2. The molecule has 0 fully saturated rings. The Balaban J connectivity index is 1.93. The average molecular weight is 567 g/mol. The minimum Gasteiger partial charge on any atom is -0.444 e. The van der Waals surface area contributed by atoms with E-state index in [4.69, 9.17) is 4.74 Å². The van der Waals surface area contributed by atoms with Gasteiger partial charge in [0, 0.05) is 17.5 Å². The van der Waals surface area contributed by atoms with Crippen molar-refractivity contribution in [3.05, 3.63) is 69.2 Å². The molecule has 0 heterocycles. The maximum absolute atomic E-state index is 13.8. The molecule has 6 nitrogen and oxygen atoms in total. The average Bonchev–Trinajstić information content (AvgIpc) is 2.75. The number of benzene rings is 2. The van der Waals surface area contributed by atoms with E-state index in [9.17, 15) is 23.5 Å². The molecule has 0 aliphatic heterocycles. The second kappa shape index (κ2) is 11.7. The molecule has 0 radical (unpaired) electrons. The number of hydrogen-bond donors (Lipinski definition) is 2. The van der Waals surface area contributed by atoms with E-state index in [0.29, 0.717) is 6.42 Å². The number of nitrogens with one attached hydrogen (secondary N) is 1. The third-order valence-electron chi connectivity index (χ3n) is 6.04. The van der Waals surface area contributed by atoms with E-state index in [1.165, 1.54) is 11.8 Å². The van der Waals surface area contributed by atoms with Crippen LogP contribution in [0.4, 0.5) is 13.6 Å². The molecule has 3 atom stereocenters. The van der Waals surface area contributed by atoms with Gasteiger partial charge < -0.3 is 15.2 Å². The molecule has 0 bridgehead atoms. The molecule has 0 aromatic heterocycles. The fourth-order valence-electron chi connectivity index (χ4n) is 4.61. The highest BCUT2D eigenvalue weighted by Gasteiger charge is 2.36. The van der Waals surface area contributed by atoms with Crippen molar-refractivity contribution in [2.45, 2.75) is 77.2 Å². The van der Waals surface area contributed by atoms with Crippen LogP contribution in [0.15, 0.2) is 40.9 Å². The van der Waals surface area contributed by atoms with Gasteiger partial charge in [0.15, 0.2) is 0 Å². The second-order valence-corrected chi connectivity index (χ2v) is 11.1. The lowest BCUT2D eigenvalue weighted by Crippen LogP contribution is -2.51. The monoisotopic (exact) mass is 566 g/mol. The molecule has 196 valence electrons. The Bertz CT molecular complexity index is 1090. The fraction of sp³-hybridized carbons (Fsp3) is 0.481. The van der Waals surface area contributed by atoms with Crippen LogP contribution in [-0.4, -0.2) is 46.3 Å². The summed E-state index contributed by atoms with van der Waals surface area (Å²) in [5.41, 5.74) is 1.59. The molecule has 1 aliphatic rings. The smallest absolute Gasteiger partial charge is 0.410 e. The van der Waals surface area contributed by atoms with Gasteiger partial charge in [-0.3, -0.25) is 9.69 Å². The Labute approximate surface area is 219 Å². The van der Waals surface area contributed by atoms with Gasteiger partial charge in [-0.15, -0.1) is 0 Å². The van der Waals surface area contributed by atoms with Crippen LogP contribution in [0.5, 0.6) is 0 Å². The number of rotatable bonds is 7. The minimum absolute atomic E-state index is 0.0234. The lowest BCUT2D eigenvalue weighted by molar-refractivity contribution is -0.120. The van der Waals surface area contributed by atoms with E-state index in [0.717, 1.165) is 46.6 Å². The maximum Gasteiger partial charge on any atom is 0.410 e. The number of hydrogen-bond acceptors (Lipinski definition) is 4. The predicted octanol–water partition coefficient (Wildman–Crippen LogP) is 5.45. The summed E-state index contributed by atoms with van der Waals surface area (Å²) >= 11 is 3.60. The van der Waals surface area contributed by atoms with Crippen LogP contribution in [0, 0.1) is 11.6 Å². The molecule has 0 unspecified atom stereocenters. The van der Waals surface area contributed by atoms with Gasteiger partial charge in [-0.25, -0.2) is 13.6 Å². The molecule has 1 aliphatic carbocycles. The molecule has 2 aromatic carbocycles. The first-order chi connectivity index (χ1) is 16.8. The van der Waals surface area contributed by atoms with Crippen molar-refractivity contribution in [3.63, 3.8) is 0 Å². The molecule has 0 spiro atoms. The molecule has 3 rings (SSSR count). The number of ether oxygens (including phenoxy) is 1. The highest BCUT2D eigenvalue weighted by molar-refractivity contribution is 9.10. The maximum atomic E-state index is 13.8. The van der Waals surface area contributed by atoms with Crippen molar-refractivity contribution in [2.24, 2.45) is 0 Å². The van der Waals surface area contributed by atoms with Crippen molar-refractivity contribution in [1.82, 2.24) is 10.2 Å². The number of aliphatic hydroxyl groups is 1. The molecule has 2 aromatic rings. The van der Waals surface area contributed by atoms with Crippen LogP contribution in [-0.2, 0) is 22.4 Å². The van der Waals surface area contributed by atoms with Gasteiger partial charge in [0.2, 0.25) is 5.91 Å². The van der Waals surface area contributed by atoms with Crippen LogP contribution >= 0.6 is 15.9 Å². The number of halogens is 3. The molecular formula is C27H33BrF2N2O4. The zero-order valence-electron chi connectivity index (χ0n) is 21.0. The van der Waals surface area contributed by atoms with Crippen LogP contribution in [0.2, 0.25) is 0 Å². The zero-order valence-corrected chi connectivity index (χ0v) is 22.6. The molecular weight excluding hydrogens is 534 g/mol. The Morgan fingerprint density at radius 1 is 1.22 bits per heavy atom. The number of nitrogens with zero attached hydrogens (tertiary/aromatic N) is 1. The van der Waals surface area contributed by atoms with Gasteiger partial charge in [-0.2, -0.15) is 0 Å². The van der Waals surface area contributed by atoms with Gasteiger partial charge >= 0.3 is 6.09 Å². The fourth-order valence-corrected chi connectivity index (χ4v) is 5.19. The Hall–Kier alpha value is -2.52. The predicted molar refractivity (Wildman–Crippen MR) is 136 cm³/mol. The number of aliphatic hydroxyl groups excluding tert-OH is 1. The van der Waals surface area contributed by atoms with Gasteiger partial charge in [-0.1, -0.05) is 28.1 Å². The van der Waals surface area contributed by atoms with E-state index < -0.39 is 41.4 Å². The SMILES string of the molecule is CC(=O)N[C@@H](Cc1cc(F)cc(F)c1)[C@H](O)CN(C(=O)OC(C)(C)C)[C@H]1CCCc2c(Br)cccc21. The van der Waals surface area contributed by atoms with E-state index in [2.05, 4.69) is 21.2 Å².